The van der Waals surface area contributed by atoms with E-state index in [4.69, 9.17) is 0 Å². The fourth-order valence-corrected chi connectivity index (χ4v) is 2.70. The minimum atomic E-state index is -0.199. The van der Waals surface area contributed by atoms with Gasteiger partial charge >= 0.3 is 5.69 Å². The van der Waals surface area contributed by atoms with Gasteiger partial charge in [-0.15, -0.1) is 0 Å². The third kappa shape index (κ3) is 1.86. The van der Waals surface area contributed by atoms with E-state index < -0.39 is 0 Å². The zero-order valence-electron chi connectivity index (χ0n) is 9.38. The van der Waals surface area contributed by atoms with Crippen molar-refractivity contribution in [2.24, 2.45) is 0 Å². The minimum absolute atomic E-state index is 0.199. The Morgan fingerprint density at radius 3 is 2.76 bits per heavy atom. The zero-order chi connectivity index (χ0) is 11.8. The molecule has 0 atom stereocenters. The van der Waals surface area contributed by atoms with Crippen molar-refractivity contribution in [2.75, 3.05) is 5.75 Å². The molecule has 17 heavy (non-hydrogen) atoms. The number of nitrogens with zero attached hydrogens (tertiary/aromatic N) is 3. The second-order valence-corrected chi connectivity index (χ2v) is 5.04. The quantitative estimate of drug-likeness (QED) is 0.767. The van der Waals surface area contributed by atoms with E-state index in [1.165, 1.54) is 5.56 Å². The van der Waals surface area contributed by atoms with Crippen LogP contribution < -0.4 is 5.69 Å². The molecule has 0 saturated heterocycles. The molecule has 1 aliphatic rings. The summed E-state index contributed by atoms with van der Waals surface area (Å²) in [6.45, 7) is 2.74. The maximum atomic E-state index is 11.8. The van der Waals surface area contributed by atoms with Crippen molar-refractivity contribution < 1.29 is 0 Å². The van der Waals surface area contributed by atoms with E-state index in [1.54, 1.807) is 16.3 Å². The van der Waals surface area contributed by atoms with Crippen LogP contribution in [0.25, 0.3) is 11.4 Å². The van der Waals surface area contributed by atoms with Gasteiger partial charge in [0.2, 0.25) is 0 Å². The molecule has 0 N–H and O–H groups in total. The van der Waals surface area contributed by atoms with Gasteiger partial charge in [0.15, 0.2) is 11.0 Å². The molecule has 0 radical (unpaired) electrons. The predicted octanol–water partition coefficient (Wildman–Crippen LogP) is 1.72. The first-order valence-corrected chi connectivity index (χ1v) is 6.41. The van der Waals surface area contributed by atoms with Crippen molar-refractivity contribution in [3.05, 3.63) is 40.3 Å². The molecule has 4 nitrogen and oxygen atoms in total. The maximum absolute atomic E-state index is 11.8. The Morgan fingerprint density at radius 2 is 2.00 bits per heavy atom. The maximum Gasteiger partial charge on any atom is 0.351 e. The first kappa shape index (κ1) is 10.5. The SMILES string of the molecule is Cc1ccc(-c2nc3n(c(=O)n2)CCS3)cc1. The molecule has 3 rings (SSSR count). The molecular formula is C12H11N3OS. The van der Waals surface area contributed by atoms with Crippen LogP contribution in [0.15, 0.2) is 34.2 Å². The number of benzene rings is 1. The Balaban J connectivity index is 2.13. The zero-order valence-corrected chi connectivity index (χ0v) is 10.2. The monoisotopic (exact) mass is 245 g/mol. The molecule has 5 heteroatoms. The molecule has 0 saturated carbocycles. The molecule has 0 bridgehead atoms. The predicted molar refractivity (Wildman–Crippen MR) is 67.2 cm³/mol. The summed E-state index contributed by atoms with van der Waals surface area (Å²) in [7, 11) is 0. The summed E-state index contributed by atoms with van der Waals surface area (Å²) in [5, 5.41) is 0.778. The number of aryl methyl sites for hydroxylation is 1. The van der Waals surface area contributed by atoms with Crippen LogP contribution in [0.4, 0.5) is 0 Å². The lowest BCUT2D eigenvalue weighted by Crippen LogP contribution is -2.23. The van der Waals surface area contributed by atoms with E-state index in [0.717, 1.165) is 16.5 Å². The van der Waals surface area contributed by atoms with E-state index >= 15 is 0 Å². The van der Waals surface area contributed by atoms with E-state index in [1.807, 2.05) is 31.2 Å². The molecule has 0 amide bonds. The van der Waals surface area contributed by atoms with E-state index in [-0.39, 0.29) is 5.69 Å². The lowest BCUT2D eigenvalue weighted by atomic mass is 10.1. The average Bonchev–Trinajstić information content (AvgIpc) is 2.78. The molecule has 0 spiro atoms. The highest BCUT2D eigenvalue weighted by molar-refractivity contribution is 7.99. The van der Waals surface area contributed by atoms with Crippen LogP contribution in [0.3, 0.4) is 0 Å². The highest BCUT2D eigenvalue weighted by Crippen LogP contribution is 2.23. The van der Waals surface area contributed by atoms with Crippen molar-refractivity contribution in [3.8, 4) is 11.4 Å². The number of hydrogen-bond donors (Lipinski definition) is 0. The summed E-state index contributed by atoms with van der Waals surface area (Å²) in [4.78, 5) is 20.2. The van der Waals surface area contributed by atoms with Gasteiger partial charge < -0.3 is 0 Å². The van der Waals surface area contributed by atoms with Gasteiger partial charge in [0.1, 0.15) is 0 Å². The molecule has 2 heterocycles. The van der Waals surface area contributed by atoms with Crippen molar-refractivity contribution >= 4 is 11.8 Å². The van der Waals surface area contributed by atoms with Gasteiger partial charge in [0.25, 0.3) is 0 Å². The Kier molecular flexibility index (Phi) is 2.48. The summed E-state index contributed by atoms with van der Waals surface area (Å²) in [5.74, 6) is 1.43. The van der Waals surface area contributed by atoms with Crippen LogP contribution in [-0.2, 0) is 6.54 Å². The Hall–Kier alpha value is -1.62. The van der Waals surface area contributed by atoms with Crippen molar-refractivity contribution in [2.45, 2.75) is 18.6 Å². The summed E-state index contributed by atoms with van der Waals surface area (Å²) < 4.78 is 1.63. The Bertz CT molecular complexity index is 619. The fourth-order valence-electron chi connectivity index (χ4n) is 1.77. The first-order chi connectivity index (χ1) is 8.24. The van der Waals surface area contributed by atoms with Crippen molar-refractivity contribution in [1.29, 1.82) is 0 Å². The van der Waals surface area contributed by atoms with Gasteiger partial charge in [-0.25, -0.2) is 9.78 Å². The third-order valence-electron chi connectivity index (χ3n) is 2.72. The van der Waals surface area contributed by atoms with Crippen LogP contribution in [0.1, 0.15) is 5.56 Å². The topological polar surface area (TPSA) is 47.8 Å². The molecule has 1 aliphatic heterocycles. The van der Waals surface area contributed by atoms with Gasteiger partial charge in [-0.2, -0.15) is 4.98 Å². The van der Waals surface area contributed by atoms with Gasteiger partial charge in [0, 0.05) is 17.9 Å². The smallest absolute Gasteiger partial charge is 0.270 e. The van der Waals surface area contributed by atoms with E-state index in [0.29, 0.717) is 12.4 Å². The molecule has 1 aromatic carbocycles. The second kappa shape index (κ2) is 4.00. The Labute approximate surface area is 103 Å². The molecule has 86 valence electrons. The molecule has 0 unspecified atom stereocenters. The van der Waals surface area contributed by atoms with Crippen LogP contribution >= 0.6 is 11.8 Å². The van der Waals surface area contributed by atoms with E-state index in [9.17, 15) is 4.79 Å². The summed E-state index contributed by atoms with van der Waals surface area (Å²) in [5.41, 5.74) is 1.88. The van der Waals surface area contributed by atoms with Crippen molar-refractivity contribution in [3.63, 3.8) is 0 Å². The molecule has 1 aromatic heterocycles. The Morgan fingerprint density at radius 1 is 1.24 bits per heavy atom. The van der Waals surface area contributed by atoms with Gasteiger partial charge in [0.05, 0.1) is 0 Å². The fraction of sp³-hybridized carbons (Fsp3) is 0.250. The van der Waals surface area contributed by atoms with Crippen molar-refractivity contribution in [1.82, 2.24) is 14.5 Å². The molecule has 0 fully saturated rings. The highest BCUT2D eigenvalue weighted by atomic mass is 32.2. The van der Waals surface area contributed by atoms with E-state index in [2.05, 4.69) is 9.97 Å². The third-order valence-corrected chi connectivity index (χ3v) is 3.68. The summed E-state index contributed by atoms with van der Waals surface area (Å²) >= 11 is 1.61. The summed E-state index contributed by atoms with van der Waals surface area (Å²) in [6.07, 6.45) is 0. The van der Waals surface area contributed by atoms with Crippen LogP contribution in [0, 0.1) is 6.92 Å². The highest BCUT2D eigenvalue weighted by Gasteiger charge is 2.16. The van der Waals surface area contributed by atoms with Gasteiger partial charge in [-0.05, 0) is 6.92 Å². The molecule has 2 aromatic rings. The van der Waals surface area contributed by atoms with Gasteiger partial charge in [-0.1, -0.05) is 41.6 Å². The lowest BCUT2D eigenvalue weighted by Gasteiger charge is -2.03. The number of fused-ring (bicyclic) bond motifs is 1. The van der Waals surface area contributed by atoms with Crippen LogP contribution in [0.5, 0.6) is 0 Å². The number of rotatable bonds is 1. The second-order valence-electron chi connectivity index (χ2n) is 3.98. The van der Waals surface area contributed by atoms with Crippen LogP contribution in [-0.4, -0.2) is 20.3 Å². The van der Waals surface area contributed by atoms with Crippen LogP contribution in [0.2, 0.25) is 0 Å². The number of thioether (sulfide) groups is 1. The largest absolute Gasteiger partial charge is 0.351 e. The summed E-state index contributed by atoms with van der Waals surface area (Å²) in [6, 6.07) is 7.88. The standard InChI is InChI=1S/C12H11N3OS/c1-8-2-4-9(5-3-8)10-13-11(16)15-6-7-17-12(15)14-10/h2-5H,6-7H2,1H3. The normalized spacial score (nSPS) is 13.7. The number of aromatic nitrogens is 3. The number of hydrogen-bond acceptors (Lipinski definition) is 4. The lowest BCUT2D eigenvalue weighted by molar-refractivity contribution is 0.628. The van der Waals surface area contributed by atoms with Gasteiger partial charge in [-0.3, -0.25) is 4.57 Å². The molecule has 0 aliphatic carbocycles. The first-order valence-electron chi connectivity index (χ1n) is 5.43. The minimum Gasteiger partial charge on any atom is -0.270 e. The average molecular weight is 245 g/mol. The molecular weight excluding hydrogens is 234 g/mol.